The Morgan fingerprint density at radius 1 is 1.25 bits per heavy atom. The zero-order valence-corrected chi connectivity index (χ0v) is 10.9. The van der Waals surface area contributed by atoms with Crippen molar-refractivity contribution in [1.29, 1.82) is 0 Å². The van der Waals surface area contributed by atoms with E-state index in [4.69, 9.17) is 10.5 Å². The number of Topliss-reactive ketones (excluding diaryl/α,β-unsaturated/α-hetero) is 1. The van der Waals surface area contributed by atoms with Gasteiger partial charge < -0.3 is 10.5 Å². The third kappa shape index (κ3) is 6.56. The highest BCUT2D eigenvalue weighted by atomic mass is 16.6. The molecule has 0 aliphatic rings. The van der Waals surface area contributed by atoms with Crippen LogP contribution in [0, 0.1) is 5.92 Å². The maximum Gasteiger partial charge on any atom is 0.306 e. The van der Waals surface area contributed by atoms with Crippen molar-refractivity contribution in [3.05, 3.63) is 0 Å². The largest absolute Gasteiger partial charge is 0.460 e. The van der Waals surface area contributed by atoms with Crippen molar-refractivity contribution >= 4 is 11.8 Å². The first-order chi connectivity index (χ1) is 7.13. The second kappa shape index (κ2) is 5.99. The SMILES string of the molecule is CC(C)C(=O)C(N)CCC(=O)OC(C)(C)C. The first kappa shape index (κ1) is 15.1. The molecule has 2 N–H and O–H groups in total. The molecule has 0 heterocycles. The molecule has 0 aromatic heterocycles. The summed E-state index contributed by atoms with van der Waals surface area (Å²) in [5, 5.41) is 0. The van der Waals surface area contributed by atoms with E-state index in [0.717, 1.165) is 0 Å². The Balaban J connectivity index is 3.98. The topological polar surface area (TPSA) is 69.4 Å². The van der Waals surface area contributed by atoms with Gasteiger partial charge in [0.1, 0.15) is 5.60 Å². The lowest BCUT2D eigenvalue weighted by Crippen LogP contribution is -2.34. The average Bonchev–Trinajstić information content (AvgIpc) is 2.09. The Labute approximate surface area is 97.5 Å². The average molecular weight is 229 g/mol. The number of hydrogen-bond donors (Lipinski definition) is 1. The molecule has 0 spiro atoms. The Kier molecular flexibility index (Phi) is 5.65. The lowest BCUT2D eigenvalue weighted by atomic mass is 9.99. The summed E-state index contributed by atoms with van der Waals surface area (Å²) in [5.41, 5.74) is 5.19. The molecule has 0 bridgehead atoms. The molecule has 1 unspecified atom stereocenters. The van der Waals surface area contributed by atoms with Crippen molar-refractivity contribution in [3.63, 3.8) is 0 Å². The molecule has 0 rings (SSSR count). The van der Waals surface area contributed by atoms with Gasteiger partial charge in [-0.15, -0.1) is 0 Å². The lowest BCUT2D eigenvalue weighted by molar-refractivity contribution is -0.155. The Hall–Kier alpha value is -0.900. The minimum Gasteiger partial charge on any atom is -0.460 e. The molecule has 1 atom stereocenters. The summed E-state index contributed by atoms with van der Waals surface area (Å²) in [6, 6.07) is -0.562. The fourth-order valence-corrected chi connectivity index (χ4v) is 1.24. The number of nitrogens with two attached hydrogens (primary N) is 1. The predicted molar refractivity (Wildman–Crippen MR) is 62.9 cm³/mol. The zero-order valence-electron chi connectivity index (χ0n) is 10.9. The van der Waals surface area contributed by atoms with Gasteiger partial charge >= 0.3 is 5.97 Å². The molecule has 0 saturated carbocycles. The van der Waals surface area contributed by atoms with Gasteiger partial charge in [0.2, 0.25) is 0 Å². The lowest BCUT2D eigenvalue weighted by Gasteiger charge is -2.20. The molecule has 0 aromatic rings. The van der Waals surface area contributed by atoms with Gasteiger partial charge in [-0.25, -0.2) is 0 Å². The van der Waals surface area contributed by atoms with Crippen molar-refractivity contribution < 1.29 is 14.3 Å². The second-order valence-electron chi connectivity index (χ2n) is 5.29. The van der Waals surface area contributed by atoms with E-state index >= 15 is 0 Å². The van der Waals surface area contributed by atoms with E-state index in [0.29, 0.717) is 6.42 Å². The van der Waals surface area contributed by atoms with Crippen LogP contribution in [0.25, 0.3) is 0 Å². The minimum absolute atomic E-state index is 0.0106. The number of hydrogen-bond acceptors (Lipinski definition) is 4. The van der Waals surface area contributed by atoms with Gasteiger partial charge in [0.05, 0.1) is 6.04 Å². The minimum atomic E-state index is -0.562. The van der Waals surface area contributed by atoms with Gasteiger partial charge in [-0.05, 0) is 27.2 Å². The molecular formula is C12H23NO3. The van der Waals surface area contributed by atoms with Gasteiger partial charge in [-0.3, -0.25) is 9.59 Å². The van der Waals surface area contributed by atoms with Crippen molar-refractivity contribution in [2.75, 3.05) is 0 Å². The number of ether oxygens (including phenoxy) is 1. The molecular weight excluding hydrogens is 206 g/mol. The second-order valence-corrected chi connectivity index (χ2v) is 5.29. The summed E-state index contributed by atoms with van der Waals surface area (Å²) >= 11 is 0. The smallest absolute Gasteiger partial charge is 0.306 e. The third-order valence-corrected chi connectivity index (χ3v) is 2.01. The van der Waals surface area contributed by atoms with E-state index in [2.05, 4.69) is 0 Å². The van der Waals surface area contributed by atoms with Gasteiger partial charge in [0.15, 0.2) is 5.78 Å². The van der Waals surface area contributed by atoms with Crippen molar-refractivity contribution in [3.8, 4) is 0 Å². The monoisotopic (exact) mass is 229 g/mol. The van der Waals surface area contributed by atoms with Crippen LogP contribution in [0.15, 0.2) is 0 Å². The van der Waals surface area contributed by atoms with Crippen molar-refractivity contribution in [2.24, 2.45) is 11.7 Å². The number of esters is 1. The molecule has 4 nitrogen and oxygen atoms in total. The maximum atomic E-state index is 11.5. The number of rotatable bonds is 5. The molecule has 0 aromatic carbocycles. The van der Waals surface area contributed by atoms with Crippen molar-refractivity contribution in [1.82, 2.24) is 0 Å². The summed E-state index contributed by atoms with van der Waals surface area (Å²) in [4.78, 5) is 22.8. The van der Waals surface area contributed by atoms with Gasteiger partial charge in [0.25, 0.3) is 0 Å². The summed E-state index contributed by atoms with van der Waals surface area (Å²) < 4.78 is 5.12. The highest BCUT2D eigenvalue weighted by Gasteiger charge is 2.20. The zero-order chi connectivity index (χ0) is 12.9. The third-order valence-electron chi connectivity index (χ3n) is 2.01. The fourth-order valence-electron chi connectivity index (χ4n) is 1.24. The number of carbonyl (C=O) groups is 2. The molecule has 0 aliphatic carbocycles. The van der Waals surface area contributed by atoms with Crippen LogP contribution < -0.4 is 5.73 Å². The molecule has 16 heavy (non-hydrogen) atoms. The highest BCUT2D eigenvalue weighted by molar-refractivity contribution is 5.86. The molecule has 0 amide bonds. The van der Waals surface area contributed by atoms with Gasteiger partial charge in [-0.2, -0.15) is 0 Å². The van der Waals surface area contributed by atoms with E-state index < -0.39 is 11.6 Å². The van der Waals surface area contributed by atoms with Crippen LogP contribution in [0.2, 0.25) is 0 Å². The Bertz CT molecular complexity index is 253. The van der Waals surface area contributed by atoms with Gasteiger partial charge in [0, 0.05) is 12.3 Å². The number of carbonyl (C=O) groups excluding carboxylic acids is 2. The van der Waals surface area contributed by atoms with Crippen LogP contribution in [-0.4, -0.2) is 23.4 Å². The first-order valence-electron chi connectivity index (χ1n) is 5.64. The van der Waals surface area contributed by atoms with Crippen LogP contribution in [0.4, 0.5) is 0 Å². The molecule has 0 aliphatic heterocycles. The summed E-state index contributed by atoms with van der Waals surface area (Å²) in [7, 11) is 0. The van der Waals surface area contributed by atoms with Crippen molar-refractivity contribution in [2.45, 2.75) is 59.1 Å². The fraction of sp³-hybridized carbons (Fsp3) is 0.833. The van der Waals surface area contributed by atoms with E-state index in [9.17, 15) is 9.59 Å². The Morgan fingerprint density at radius 3 is 2.12 bits per heavy atom. The highest BCUT2D eigenvalue weighted by Crippen LogP contribution is 2.10. The summed E-state index contributed by atoms with van der Waals surface area (Å²) in [6.07, 6.45) is 0.544. The number of ketones is 1. The predicted octanol–water partition coefficient (Wildman–Crippen LogP) is 1.66. The molecule has 0 radical (unpaired) electrons. The van der Waals surface area contributed by atoms with Gasteiger partial charge in [-0.1, -0.05) is 13.8 Å². The first-order valence-corrected chi connectivity index (χ1v) is 5.64. The standard InChI is InChI=1S/C12H23NO3/c1-8(2)11(15)9(13)6-7-10(14)16-12(3,4)5/h8-9H,6-7,13H2,1-5H3. The summed E-state index contributed by atoms with van der Waals surface area (Å²) in [5.74, 6) is -0.406. The van der Waals surface area contributed by atoms with Crippen LogP contribution >= 0.6 is 0 Å². The van der Waals surface area contributed by atoms with E-state index in [-0.39, 0.29) is 24.1 Å². The van der Waals surface area contributed by atoms with E-state index in [1.165, 1.54) is 0 Å². The Morgan fingerprint density at radius 2 is 1.75 bits per heavy atom. The van der Waals surface area contributed by atoms with Crippen LogP contribution in [-0.2, 0) is 14.3 Å². The molecule has 94 valence electrons. The van der Waals surface area contributed by atoms with E-state index in [1.54, 1.807) is 13.8 Å². The van der Waals surface area contributed by atoms with Crippen LogP contribution in [0.5, 0.6) is 0 Å². The molecule has 0 saturated heterocycles. The van der Waals surface area contributed by atoms with Crippen LogP contribution in [0.3, 0.4) is 0 Å². The normalized spacial score (nSPS) is 13.7. The quantitative estimate of drug-likeness (QED) is 0.728. The molecule has 4 heteroatoms. The molecule has 0 fully saturated rings. The van der Waals surface area contributed by atoms with E-state index in [1.807, 2.05) is 20.8 Å². The summed E-state index contributed by atoms with van der Waals surface area (Å²) in [6.45, 7) is 9.03. The maximum absolute atomic E-state index is 11.5. The van der Waals surface area contributed by atoms with Crippen LogP contribution in [0.1, 0.15) is 47.5 Å².